The molecule has 7 nitrogen and oxygen atoms in total. The van der Waals surface area contributed by atoms with Crippen molar-refractivity contribution in [3.8, 4) is 0 Å². The van der Waals surface area contributed by atoms with Gasteiger partial charge in [-0.15, -0.1) is 0 Å². The summed E-state index contributed by atoms with van der Waals surface area (Å²) in [4.78, 5) is 21.8. The number of aliphatic hydroxyl groups excluding tert-OH is 3. The first kappa shape index (κ1) is 26.3. The lowest BCUT2D eigenvalue weighted by molar-refractivity contribution is -0.118. The predicted octanol–water partition coefficient (Wildman–Crippen LogP) is 3.23. The average molecular weight is 426 g/mol. The molecule has 0 aromatic heterocycles. The summed E-state index contributed by atoms with van der Waals surface area (Å²) in [6, 6.07) is 0. The van der Waals surface area contributed by atoms with Crippen LogP contribution >= 0.6 is 0 Å². The van der Waals surface area contributed by atoms with Crippen molar-refractivity contribution in [3.05, 3.63) is 24.3 Å². The molecule has 172 valence electrons. The molecule has 0 bridgehead atoms. The van der Waals surface area contributed by atoms with Gasteiger partial charge in [-0.2, -0.15) is 0 Å². The molecule has 0 aromatic rings. The lowest BCUT2D eigenvalue weighted by Gasteiger charge is -2.19. The second-order valence-electron chi connectivity index (χ2n) is 8.08. The first-order chi connectivity index (χ1) is 14.3. The molecule has 0 saturated heterocycles. The van der Waals surface area contributed by atoms with E-state index in [9.17, 15) is 24.9 Å². The van der Waals surface area contributed by atoms with Gasteiger partial charge >= 0.3 is 6.09 Å². The fraction of sp³-hybridized carbons (Fsp3) is 0.739. The highest BCUT2D eigenvalue weighted by atomic mass is 16.5. The standard InChI is InChI=1S/C23H39NO6/c1-3-4-8-11-18(26)13-14-20-19(21(27)16-22(20)28)12-9-6-5-7-10-15-30-23(29)24-17(2)25/h6,9,13-14,18-22,26-28H,3-5,7-8,10-12,15-16H2,1-2H3,(H,24,25,29)/t18-,19+,20+,21-,22+/m0/s1. The van der Waals surface area contributed by atoms with Gasteiger partial charge in [0.15, 0.2) is 0 Å². The van der Waals surface area contributed by atoms with Crippen molar-refractivity contribution in [3.63, 3.8) is 0 Å². The van der Waals surface area contributed by atoms with E-state index in [1.54, 1.807) is 6.08 Å². The molecular weight excluding hydrogens is 386 g/mol. The number of unbranched alkanes of at least 4 members (excludes halogenated alkanes) is 4. The summed E-state index contributed by atoms with van der Waals surface area (Å²) < 4.78 is 4.87. The molecule has 4 N–H and O–H groups in total. The minimum absolute atomic E-state index is 0.0612. The Morgan fingerprint density at radius 2 is 1.90 bits per heavy atom. The van der Waals surface area contributed by atoms with Gasteiger partial charge in [0, 0.05) is 19.3 Å². The Hall–Kier alpha value is -1.70. The Balaban J connectivity index is 2.32. The quantitative estimate of drug-likeness (QED) is 0.266. The predicted molar refractivity (Wildman–Crippen MR) is 116 cm³/mol. The van der Waals surface area contributed by atoms with Crippen LogP contribution in [0.5, 0.6) is 0 Å². The smallest absolute Gasteiger partial charge is 0.413 e. The van der Waals surface area contributed by atoms with E-state index in [2.05, 4.69) is 6.92 Å². The van der Waals surface area contributed by atoms with Crippen molar-refractivity contribution in [2.24, 2.45) is 11.8 Å². The normalized spacial score (nSPS) is 25.1. The molecule has 1 fully saturated rings. The highest BCUT2D eigenvalue weighted by Gasteiger charge is 2.39. The topological polar surface area (TPSA) is 116 Å². The van der Waals surface area contributed by atoms with E-state index in [1.807, 2.05) is 23.5 Å². The lowest BCUT2D eigenvalue weighted by Crippen LogP contribution is -2.28. The van der Waals surface area contributed by atoms with Crippen LogP contribution in [0.1, 0.15) is 71.6 Å². The maximum atomic E-state index is 11.2. The molecule has 1 aliphatic rings. The van der Waals surface area contributed by atoms with Crippen molar-refractivity contribution in [1.82, 2.24) is 5.32 Å². The summed E-state index contributed by atoms with van der Waals surface area (Å²) in [5, 5.41) is 32.7. The highest BCUT2D eigenvalue weighted by Crippen LogP contribution is 2.36. The summed E-state index contributed by atoms with van der Waals surface area (Å²) in [5.41, 5.74) is 0. The van der Waals surface area contributed by atoms with Gasteiger partial charge in [0.05, 0.1) is 24.9 Å². The molecule has 0 spiro atoms. The molecule has 1 saturated carbocycles. The highest BCUT2D eigenvalue weighted by molar-refractivity contribution is 5.90. The number of aliphatic hydroxyl groups is 3. The Kier molecular flexibility index (Phi) is 13.3. The van der Waals surface area contributed by atoms with Gasteiger partial charge in [0.25, 0.3) is 0 Å². The van der Waals surface area contributed by atoms with E-state index in [0.717, 1.165) is 38.5 Å². The van der Waals surface area contributed by atoms with Gasteiger partial charge < -0.3 is 20.1 Å². The fourth-order valence-electron chi connectivity index (χ4n) is 3.74. The molecule has 1 rings (SSSR count). The first-order valence-electron chi connectivity index (χ1n) is 11.2. The number of imide groups is 1. The number of alkyl carbamates (subject to hydrolysis) is 1. The van der Waals surface area contributed by atoms with Gasteiger partial charge in [-0.25, -0.2) is 4.79 Å². The van der Waals surface area contributed by atoms with Crippen LogP contribution in [0.15, 0.2) is 24.3 Å². The number of hydrogen-bond donors (Lipinski definition) is 4. The Bertz CT molecular complexity index is 562. The van der Waals surface area contributed by atoms with Crippen molar-refractivity contribution < 1.29 is 29.6 Å². The van der Waals surface area contributed by atoms with E-state index in [-0.39, 0.29) is 18.4 Å². The number of nitrogens with one attached hydrogen (secondary N) is 1. The van der Waals surface area contributed by atoms with Crippen molar-refractivity contribution in [2.45, 2.75) is 89.9 Å². The van der Waals surface area contributed by atoms with Crippen LogP contribution < -0.4 is 5.32 Å². The summed E-state index contributed by atoms with van der Waals surface area (Å²) in [6.07, 6.45) is 12.6. The summed E-state index contributed by atoms with van der Waals surface area (Å²) in [6.45, 7) is 3.63. The fourth-order valence-corrected chi connectivity index (χ4v) is 3.74. The Morgan fingerprint density at radius 3 is 2.60 bits per heavy atom. The number of allylic oxidation sites excluding steroid dienone is 2. The van der Waals surface area contributed by atoms with E-state index in [0.29, 0.717) is 19.3 Å². The van der Waals surface area contributed by atoms with E-state index in [1.165, 1.54) is 6.92 Å². The molecule has 30 heavy (non-hydrogen) atoms. The van der Waals surface area contributed by atoms with E-state index in [4.69, 9.17) is 4.74 Å². The zero-order chi connectivity index (χ0) is 22.4. The third-order valence-electron chi connectivity index (χ3n) is 5.43. The monoisotopic (exact) mass is 425 g/mol. The third kappa shape index (κ3) is 10.9. The van der Waals surface area contributed by atoms with Gasteiger partial charge in [0.1, 0.15) is 0 Å². The maximum absolute atomic E-state index is 11.2. The third-order valence-corrected chi connectivity index (χ3v) is 5.43. The number of amides is 2. The number of carbonyl (C=O) groups is 2. The largest absolute Gasteiger partial charge is 0.449 e. The van der Waals surface area contributed by atoms with Crippen LogP contribution in [0.25, 0.3) is 0 Å². The molecule has 0 radical (unpaired) electrons. The minimum Gasteiger partial charge on any atom is -0.449 e. The summed E-state index contributed by atoms with van der Waals surface area (Å²) in [7, 11) is 0. The van der Waals surface area contributed by atoms with Crippen LogP contribution in [-0.4, -0.2) is 52.2 Å². The van der Waals surface area contributed by atoms with Crippen molar-refractivity contribution in [2.75, 3.05) is 6.61 Å². The second-order valence-corrected chi connectivity index (χ2v) is 8.08. The number of rotatable bonds is 13. The SMILES string of the molecule is CCCCC[C@H](O)C=C[C@@H]1[C@@H](CC=CCCCCOC(=O)NC(C)=O)[C@@H](O)C[C@H]1O. The number of carbonyl (C=O) groups excluding carboxylic acids is 2. The molecule has 0 heterocycles. The van der Waals surface area contributed by atoms with Crippen LogP contribution in [0.3, 0.4) is 0 Å². The van der Waals surface area contributed by atoms with Gasteiger partial charge in [-0.3, -0.25) is 10.1 Å². The van der Waals surface area contributed by atoms with Crippen molar-refractivity contribution >= 4 is 12.0 Å². The molecule has 1 aliphatic carbocycles. The van der Waals surface area contributed by atoms with Crippen LogP contribution in [0.4, 0.5) is 4.79 Å². The van der Waals surface area contributed by atoms with Crippen LogP contribution in [0, 0.1) is 11.8 Å². The number of hydrogen-bond acceptors (Lipinski definition) is 6. The average Bonchev–Trinajstić information content (AvgIpc) is 2.94. The molecule has 0 aromatic carbocycles. The molecule has 7 heteroatoms. The maximum Gasteiger partial charge on any atom is 0.413 e. The minimum atomic E-state index is -0.721. The Labute approximate surface area is 180 Å². The van der Waals surface area contributed by atoms with Crippen LogP contribution in [0.2, 0.25) is 0 Å². The van der Waals surface area contributed by atoms with Gasteiger partial charge in [0.2, 0.25) is 5.91 Å². The zero-order valence-electron chi connectivity index (χ0n) is 18.3. The molecule has 2 amide bonds. The molecule has 5 atom stereocenters. The number of ether oxygens (including phenoxy) is 1. The summed E-state index contributed by atoms with van der Waals surface area (Å²) in [5.74, 6) is -0.658. The van der Waals surface area contributed by atoms with Crippen LogP contribution in [-0.2, 0) is 9.53 Å². The first-order valence-corrected chi connectivity index (χ1v) is 11.2. The molecule has 0 aliphatic heterocycles. The molecular formula is C23H39NO6. The zero-order valence-corrected chi connectivity index (χ0v) is 18.3. The summed E-state index contributed by atoms with van der Waals surface area (Å²) >= 11 is 0. The van der Waals surface area contributed by atoms with Crippen molar-refractivity contribution in [1.29, 1.82) is 0 Å². The van der Waals surface area contributed by atoms with Gasteiger partial charge in [-0.1, -0.05) is 50.5 Å². The van der Waals surface area contributed by atoms with Gasteiger partial charge in [-0.05, 0) is 38.0 Å². The Morgan fingerprint density at radius 1 is 1.13 bits per heavy atom. The molecule has 0 unspecified atom stereocenters. The lowest BCUT2D eigenvalue weighted by atomic mass is 9.89. The van der Waals surface area contributed by atoms with E-state index >= 15 is 0 Å². The second kappa shape index (κ2) is 15.2. The van der Waals surface area contributed by atoms with E-state index < -0.39 is 30.3 Å².